The number of esters is 2. The molecule has 0 unspecified atom stereocenters. The zero-order chi connectivity index (χ0) is 43.2. The molecule has 0 spiro atoms. The van der Waals surface area contributed by atoms with E-state index >= 15 is 0 Å². The second-order valence-electron chi connectivity index (χ2n) is 17.8. The maximum atomic E-state index is 14.7. The Labute approximate surface area is 364 Å². The molecule has 1 fully saturated rings. The fourth-order valence-corrected chi connectivity index (χ4v) is 9.86. The summed E-state index contributed by atoms with van der Waals surface area (Å²) < 4.78 is 31.6. The Balaban J connectivity index is 1.18. The molecule has 0 amide bonds. The van der Waals surface area contributed by atoms with Crippen molar-refractivity contribution in [2.24, 2.45) is 11.8 Å². The minimum absolute atomic E-state index is 0.00961. The van der Waals surface area contributed by atoms with Gasteiger partial charge in [0.05, 0.1) is 12.2 Å². The van der Waals surface area contributed by atoms with E-state index in [1.807, 2.05) is 39.0 Å². The number of rotatable bonds is 10. The second kappa shape index (κ2) is 19.3. The van der Waals surface area contributed by atoms with Crippen LogP contribution in [0.3, 0.4) is 0 Å². The van der Waals surface area contributed by atoms with Gasteiger partial charge in [0.25, 0.3) is 0 Å². The van der Waals surface area contributed by atoms with E-state index in [2.05, 4.69) is 72.8 Å². The third-order valence-corrected chi connectivity index (χ3v) is 13.3. The number of ether oxygens (including phenoxy) is 4. The van der Waals surface area contributed by atoms with E-state index in [-0.39, 0.29) is 36.9 Å². The van der Waals surface area contributed by atoms with Crippen LogP contribution in [-0.4, -0.2) is 42.1 Å². The highest BCUT2D eigenvalue weighted by molar-refractivity contribution is 5.90. The molecular weight excluding hydrogens is 781 g/mol. The minimum atomic E-state index is -1.13. The van der Waals surface area contributed by atoms with E-state index in [1.165, 1.54) is 16.7 Å². The summed E-state index contributed by atoms with van der Waals surface area (Å²) >= 11 is 0. The summed E-state index contributed by atoms with van der Waals surface area (Å²) in [5, 5.41) is 9.76. The smallest absolute Gasteiger partial charge is 0.339 e. The van der Waals surface area contributed by atoms with Crippen molar-refractivity contribution in [3.8, 4) is 5.75 Å². The lowest BCUT2D eigenvalue weighted by atomic mass is 9.76. The molecule has 4 heterocycles. The first kappa shape index (κ1) is 43.2. The van der Waals surface area contributed by atoms with Crippen LogP contribution in [0, 0.1) is 11.8 Å². The lowest BCUT2D eigenvalue weighted by Crippen LogP contribution is -2.58. The molecule has 0 saturated heterocycles. The van der Waals surface area contributed by atoms with Gasteiger partial charge >= 0.3 is 17.6 Å². The topological polar surface area (TPSA) is 122 Å². The van der Waals surface area contributed by atoms with Crippen LogP contribution in [-0.2, 0) is 55.9 Å². The van der Waals surface area contributed by atoms with Gasteiger partial charge in [0.1, 0.15) is 23.7 Å². The SMILES string of the molecule is CC(C)=C1CCc2ccc(cc2)C[C@@H](CCc2cccc(Cc3ccccc3)c2)CC(=O)O[C@@H]2c3c(ccc4cc(CCOCO)c(=O)oc34)O[C@@](C)(C3CCCC3)[C@H]2OC1=O. The van der Waals surface area contributed by atoms with Gasteiger partial charge in [0.15, 0.2) is 12.2 Å². The molecule has 9 heteroatoms. The molecule has 2 bridgehead atoms. The number of carbonyl (C=O) groups is 2. The van der Waals surface area contributed by atoms with Crippen LogP contribution in [0.15, 0.2) is 117 Å². The van der Waals surface area contributed by atoms with Crippen molar-refractivity contribution >= 4 is 22.9 Å². The van der Waals surface area contributed by atoms with Gasteiger partial charge < -0.3 is 28.5 Å². The summed E-state index contributed by atoms with van der Waals surface area (Å²) in [7, 11) is 0. The number of hydrogen-bond acceptors (Lipinski definition) is 9. The number of carbonyl (C=O) groups excluding carboxylic acids is 2. The molecule has 3 aliphatic heterocycles. The first-order chi connectivity index (χ1) is 30.1. The number of allylic oxidation sites excluding steroid dienone is 1. The second-order valence-corrected chi connectivity index (χ2v) is 17.8. The van der Waals surface area contributed by atoms with Gasteiger partial charge in [-0.15, -0.1) is 0 Å². The van der Waals surface area contributed by atoms with Gasteiger partial charge in [-0.3, -0.25) is 4.79 Å². The van der Waals surface area contributed by atoms with Crippen molar-refractivity contribution < 1.29 is 38.1 Å². The molecule has 5 aromatic rings. The van der Waals surface area contributed by atoms with Crippen LogP contribution in [0.2, 0.25) is 0 Å². The van der Waals surface area contributed by atoms with Gasteiger partial charge in [0.2, 0.25) is 0 Å². The molecule has 62 heavy (non-hydrogen) atoms. The van der Waals surface area contributed by atoms with E-state index in [1.54, 1.807) is 6.07 Å². The van der Waals surface area contributed by atoms with Gasteiger partial charge in [-0.05, 0) is 124 Å². The molecular formula is C53H58O9. The van der Waals surface area contributed by atoms with Crippen molar-refractivity contribution in [2.75, 3.05) is 13.4 Å². The summed E-state index contributed by atoms with van der Waals surface area (Å²) in [5.41, 5.74) is 6.72. The third kappa shape index (κ3) is 9.74. The van der Waals surface area contributed by atoms with Crippen LogP contribution in [0.1, 0.15) is 111 Å². The standard InChI is InChI=1S/C53H58O9/c1-34(2)44-24-22-35-16-18-38(19-17-35)30-40(21-20-37-12-9-13-39(29-37)28-36-10-5-4-6-11-36)31-46(55)59-49-47-45(62-53(3,43-14-7-8-15-43)50(49)61-52(44)57)25-23-41-32-42(26-27-58-33-54)51(56)60-48(41)47/h4-6,9-13,16-19,23,25,29,32,40,43,49-50,54H,7-8,14-15,20-22,24,26-28,30-31,33H2,1-3H3/t40-,49-,50+,53+/m1/s1. The van der Waals surface area contributed by atoms with Gasteiger partial charge in [0, 0.05) is 35.3 Å². The molecule has 0 radical (unpaired) electrons. The van der Waals surface area contributed by atoms with Gasteiger partial charge in [-0.2, -0.15) is 0 Å². The monoisotopic (exact) mass is 838 g/mol. The largest absolute Gasteiger partial charge is 0.483 e. The Morgan fingerprint density at radius 1 is 0.790 bits per heavy atom. The minimum Gasteiger partial charge on any atom is -0.483 e. The Morgan fingerprint density at radius 3 is 2.29 bits per heavy atom. The normalized spacial score (nSPS) is 22.1. The fraction of sp³-hybridized carbons (Fsp3) is 0.415. The van der Waals surface area contributed by atoms with Crippen LogP contribution in [0.4, 0.5) is 0 Å². The van der Waals surface area contributed by atoms with Gasteiger partial charge in [-0.25, -0.2) is 9.59 Å². The lowest BCUT2D eigenvalue weighted by Gasteiger charge is -2.48. The maximum Gasteiger partial charge on any atom is 0.339 e. The quantitative estimate of drug-likeness (QED) is 0.0482. The summed E-state index contributed by atoms with van der Waals surface area (Å²) in [5.74, 6) is -0.526. The molecule has 4 atom stereocenters. The van der Waals surface area contributed by atoms with Crippen LogP contribution < -0.4 is 10.4 Å². The molecule has 9 rings (SSSR count). The third-order valence-electron chi connectivity index (χ3n) is 13.3. The van der Waals surface area contributed by atoms with Crippen molar-refractivity contribution in [3.05, 3.63) is 158 Å². The molecule has 1 N–H and O–H groups in total. The highest BCUT2D eigenvalue weighted by atomic mass is 16.6. The number of hydrogen-bond donors (Lipinski definition) is 1. The average molecular weight is 839 g/mol. The average Bonchev–Trinajstić information content (AvgIpc) is 3.82. The van der Waals surface area contributed by atoms with Crippen LogP contribution in [0.25, 0.3) is 11.0 Å². The number of aliphatic hydroxyl groups is 1. The highest BCUT2D eigenvalue weighted by Crippen LogP contribution is 2.52. The first-order valence-electron chi connectivity index (χ1n) is 22.3. The Morgan fingerprint density at radius 2 is 1.53 bits per heavy atom. The Bertz CT molecular complexity index is 2460. The Kier molecular flexibility index (Phi) is 13.4. The van der Waals surface area contributed by atoms with Crippen LogP contribution in [0.5, 0.6) is 5.75 Å². The molecule has 4 aromatic carbocycles. The summed E-state index contributed by atoms with van der Waals surface area (Å²) in [6, 6.07) is 33.1. The summed E-state index contributed by atoms with van der Waals surface area (Å²) in [6.45, 7) is 5.49. The summed E-state index contributed by atoms with van der Waals surface area (Å²) in [6.07, 6.45) is 6.11. The molecule has 1 aliphatic carbocycles. The van der Waals surface area contributed by atoms with Crippen molar-refractivity contribution in [1.82, 2.24) is 0 Å². The van der Waals surface area contributed by atoms with Crippen LogP contribution >= 0.6 is 0 Å². The number of benzene rings is 4. The van der Waals surface area contributed by atoms with Crippen molar-refractivity contribution in [3.63, 3.8) is 0 Å². The van der Waals surface area contributed by atoms with E-state index in [4.69, 9.17) is 28.5 Å². The summed E-state index contributed by atoms with van der Waals surface area (Å²) in [4.78, 5) is 42.8. The fourth-order valence-electron chi connectivity index (χ4n) is 9.86. The van der Waals surface area contributed by atoms with Crippen molar-refractivity contribution in [1.29, 1.82) is 0 Å². The van der Waals surface area contributed by atoms with Gasteiger partial charge in [-0.1, -0.05) is 97.3 Å². The molecule has 9 nitrogen and oxygen atoms in total. The molecule has 1 aromatic heterocycles. The highest BCUT2D eigenvalue weighted by Gasteiger charge is 2.57. The number of aryl methyl sites for hydroxylation is 2. The number of fused-ring (bicyclic) bond motifs is 13. The zero-order valence-electron chi connectivity index (χ0n) is 36.2. The maximum absolute atomic E-state index is 14.7. The predicted molar refractivity (Wildman–Crippen MR) is 238 cm³/mol. The predicted octanol–water partition coefficient (Wildman–Crippen LogP) is 9.89. The number of aliphatic hydroxyl groups excluding tert-OH is 1. The lowest BCUT2D eigenvalue weighted by molar-refractivity contribution is -0.199. The first-order valence-corrected chi connectivity index (χ1v) is 22.3. The van der Waals surface area contributed by atoms with E-state index in [0.29, 0.717) is 47.1 Å². The zero-order valence-corrected chi connectivity index (χ0v) is 36.2. The van der Waals surface area contributed by atoms with Crippen molar-refractivity contribution in [2.45, 2.75) is 116 Å². The molecule has 324 valence electrons. The molecule has 1 saturated carbocycles. The molecule has 4 aliphatic rings. The van der Waals surface area contributed by atoms with E-state index in [0.717, 1.165) is 61.6 Å². The van der Waals surface area contributed by atoms with E-state index in [9.17, 15) is 14.4 Å². The van der Waals surface area contributed by atoms with E-state index < -0.39 is 42.2 Å². The Hall–Kier alpha value is -5.51.